The Bertz CT molecular complexity index is 910. The second-order valence-corrected chi connectivity index (χ2v) is 8.76. The van der Waals surface area contributed by atoms with Crippen molar-refractivity contribution in [3.63, 3.8) is 0 Å². The van der Waals surface area contributed by atoms with Crippen LogP contribution in [0.4, 0.5) is 0 Å². The first-order valence-electron chi connectivity index (χ1n) is 9.22. The van der Waals surface area contributed by atoms with Crippen LogP contribution in [0.5, 0.6) is 0 Å². The van der Waals surface area contributed by atoms with Crippen LogP contribution in [0.2, 0.25) is 0 Å². The number of sulfonamides is 1. The molecule has 1 amide bonds. The lowest BCUT2D eigenvalue weighted by Gasteiger charge is -2.30. The second kappa shape index (κ2) is 9.71. The maximum Gasteiger partial charge on any atom is 0.338 e. The number of esters is 1. The quantitative estimate of drug-likeness (QED) is 0.623. The van der Waals surface area contributed by atoms with Crippen molar-refractivity contribution < 1.29 is 27.2 Å². The van der Waals surface area contributed by atoms with Crippen LogP contribution in [0.3, 0.4) is 0 Å². The molecule has 1 heterocycles. The number of ether oxygens (including phenoxy) is 1. The van der Waals surface area contributed by atoms with E-state index in [9.17, 15) is 18.0 Å². The number of nitrogens with zero attached hydrogens (tertiary/aromatic N) is 1. The van der Waals surface area contributed by atoms with Gasteiger partial charge in [-0.05, 0) is 64.1 Å². The van der Waals surface area contributed by atoms with Gasteiger partial charge in [0.25, 0.3) is 5.91 Å². The predicted octanol–water partition coefficient (Wildman–Crippen LogP) is 2.56. The Morgan fingerprint density at radius 2 is 1.69 bits per heavy atom. The van der Waals surface area contributed by atoms with Crippen LogP contribution in [-0.2, 0) is 26.1 Å². The number of amides is 1. The molecule has 1 aromatic heterocycles. The van der Waals surface area contributed by atoms with Crippen LogP contribution in [-0.4, -0.2) is 43.9 Å². The molecule has 29 heavy (non-hydrogen) atoms. The fourth-order valence-electron chi connectivity index (χ4n) is 2.89. The molecule has 0 aliphatic rings. The van der Waals surface area contributed by atoms with E-state index in [1.807, 2.05) is 27.7 Å². The number of benzene rings is 1. The summed E-state index contributed by atoms with van der Waals surface area (Å²) in [6, 6.07) is 8.58. The molecule has 1 aromatic carbocycles. The largest absolute Gasteiger partial charge is 0.468 e. The second-order valence-electron chi connectivity index (χ2n) is 6.99. The first-order chi connectivity index (χ1) is 13.6. The number of rotatable bonds is 9. The minimum absolute atomic E-state index is 0.00229. The summed E-state index contributed by atoms with van der Waals surface area (Å²) in [5.41, 5.74) is 0.156. The lowest BCUT2D eigenvalue weighted by molar-refractivity contribution is -0.138. The number of nitrogens with one attached hydrogen (secondary N) is 1. The van der Waals surface area contributed by atoms with E-state index in [2.05, 4.69) is 4.72 Å². The summed E-state index contributed by atoms with van der Waals surface area (Å²) in [7, 11) is -3.76. The van der Waals surface area contributed by atoms with Crippen molar-refractivity contribution in [2.24, 2.45) is 0 Å². The zero-order valence-corrected chi connectivity index (χ0v) is 17.7. The van der Waals surface area contributed by atoms with Crippen molar-refractivity contribution >= 4 is 21.9 Å². The highest BCUT2D eigenvalue weighted by atomic mass is 32.2. The van der Waals surface area contributed by atoms with Crippen LogP contribution in [0, 0.1) is 0 Å². The van der Waals surface area contributed by atoms with Gasteiger partial charge in [0.1, 0.15) is 5.76 Å². The topological polar surface area (TPSA) is 106 Å². The summed E-state index contributed by atoms with van der Waals surface area (Å²) in [6.07, 6.45) is 1.45. The van der Waals surface area contributed by atoms with Crippen molar-refractivity contribution in [1.82, 2.24) is 9.62 Å². The third kappa shape index (κ3) is 6.16. The number of hydrogen-bond donors (Lipinski definition) is 1. The SMILES string of the molecule is CC(C)N(C(=O)COC(=O)c1ccc(S(=O)(=O)NCc2ccco2)cc1)C(C)C. The smallest absolute Gasteiger partial charge is 0.338 e. The minimum atomic E-state index is -3.76. The molecule has 0 aliphatic carbocycles. The maximum absolute atomic E-state index is 12.3. The summed E-state index contributed by atoms with van der Waals surface area (Å²) < 4.78 is 37.2. The number of hydrogen-bond acceptors (Lipinski definition) is 6. The van der Waals surface area contributed by atoms with Gasteiger partial charge in [-0.1, -0.05) is 0 Å². The Morgan fingerprint density at radius 3 is 2.21 bits per heavy atom. The van der Waals surface area contributed by atoms with E-state index in [4.69, 9.17) is 9.15 Å². The highest BCUT2D eigenvalue weighted by Crippen LogP contribution is 2.13. The molecule has 0 saturated heterocycles. The molecule has 158 valence electrons. The average molecular weight is 423 g/mol. The Kier molecular flexibility index (Phi) is 7.58. The van der Waals surface area contributed by atoms with E-state index in [1.54, 1.807) is 17.0 Å². The van der Waals surface area contributed by atoms with Gasteiger partial charge in [0, 0.05) is 12.1 Å². The van der Waals surface area contributed by atoms with E-state index in [0.29, 0.717) is 5.76 Å². The van der Waals surface area contributed by atoms with Crippen molar-refractivity contribution in [2.75, 3.05) is 6.61 Å². The summed E-state index contributed by atoms with van der Waals surface area (Å²) in [6.45, 7) is 7.19. The van der Waals surface area contributed by atoms with E-state index >= 15 is 0 Å². The maximum atomic E-state index is 12.3. The van der Waals surface area contributed by atoms with Gasteiger partial charge in [0.2, 0.25) is 10.0 Å². The van der Waals surface area contributed by atoms with Crippen LogP contribution >= 0.6 is 0 Å². The minimum Gasteiger partial charge on any atom is -0.468 e. The van der Waals surface area contributed by atoms with Gasteiger partial charge in [0.05, 0.1) is 23.3 Å². The van der Waals surface area contributed by atoms with E-state index in [0.717, 1.165) is 0 Å². The fraction of sp³-hybridized carbons (Fsp3) is 0.400. The van der Waals surface area contributed by atoms with Crippen LogP contribution in [0.1, 0.15) is 43.8 Å². The van der Waals surface area contributed by atoms with Gasteiger partial charge in [-0.3, -0.25) is 4.79 Å². The number of carbonyl (C=O) groups excluding carboxylic acids is 2. The van der Waals surface area contributed by atoms with Crippen LogP contribution in [0.25, 0.3) is 0 Å². The van der Waals surface area contributed by atoms with Crippen LogP contribution < -0.4 is 4.72 Å². The van der Waals surface area contributed by atoms with Gasteiger partial charge in [-0.15, -0.1) is 0 Å². The first kappa shape index (κ1) is 22.6. The monoisotopic (exact) mass is 422 g/mol. The van der Waals surface area contributed by atoms with Crippen molar-refractivity contribution in [2.45, 2.75) is 51.2 Å². The summed E-state index contributed by atoms with van der Waals surface area (Å²) >= 11 is 0. The Labute approximate surface area is 170 Å². The average Bonchev–Trinajstić information content (AvgIpc) is 3.18. The summed E-state index contributed by atoms with van der Waals surface area (Å²) in [5, 5.41) is 0. The lowest BCUT2D eigenvalue weighted by atomic mass is 10.2. The molecule has 0 saturated carbocycles. The lowest BCUT2D eigenvalue weighted by Crippen LogP contribution is -2.44. The van der Waals surface area contributed by atoms with Gasteiger partial charge >= 0.3 is 5.97 Å². The van der Waals surface area contributed by atoms with Gasteiger partial charge in [0.15, 0.2) is 6.61 Å². The van der Waals surface area contributed by atoms with Crippen molar-refractivity contribution in [1.29, 1.82) is 0 Å². The summed E-state index contributed by atoms with van der Waals surface area (Å²) in [4.78, 5) is 26.1. The van der Waals surface area contributed by atoms with Gasteiger partial charge in [-0.2, -0.15) is 0 Å². The van der Waals surface area contributed by atoms with E-state index in [-0.39, 0.29) is 41.6 Å². The molecule has 1 N–H and O–H groups in total. The summed E-state index contributed by atoms with van der Waals surface area (Å²) in [5.74, 6) is -0.502. The molecule has 2 aromatic rings. The molecule has 0 fully saturated rings. The predicted molar refractivity (Wildman–Crippen MR) is 107 cm³/mol. The zero-order chi connectivity index (χ0) is 21.6. The molecule has 0 unspecified atom stereocenters. The van der Waals surface area contributed by atoms with Crippen molar-refractivity contribution in [3.05, 3.63) is 54.0 Å². The van der Waals surface area contributed by atoms with E-state index in [1.165, 1.54) is 30.5 Å². The first-order valence-corrected chi connectivity index (χ1v) is 10.7. The molecule has 9 heteroatoms. The standard InChI is InChI=1S/C20H26N2O6S/c1-14(2)22(15(3)4)19(23)13-28-20(24)16-7-9-18(10-8-16)29(25,26)21-12-17-6-5-11-27-17/h5-11,14-15,21H,12-13H2,1-4H3. The molecule has 0 radical (unpaired) electrons. The highest BCUT2D eigenvalue weighted by molar-refractivity contribution is 7.89. The Morgan fingerprint density at radius 1 is 1.07 bits per heavy atom. The molecule has 0 bridgehead atoms. The third-order valence-electron chi connectivity index (χ3n) is 4.14. The zero-order valence-electron chi connectivity index (χ0n) is 16.9. The number of furan rings is 1. The van der Waals surface area contributed by atoms with Gasteiger partial charge < -0.3 is 14.1 Å². The van der Waals surface area contributed by atoms with Crippen LogP contribution in [0.15, 0.2) is 52.0 Å². The normalized spacial score (nSPS) is 11.7. The number of carbonyl (C=O) groups is 2. The van der Waals surface area contributed by atoms with E-state index < -0.39 is 16.0 Å². The molecule has 8 nitrogen and oxygen atoms in total. The molecule has 2 rings (SSSR count). The van der Waals surface area contributed by atoms with Crippen molar-refractivity contribution in [3.8, 4) is 0 Å². The third-order valence-corrected chi connectivity index (χ3v) is 5.56. The molecule has 0 aliphatic heterocycles. The Hall–Kier alpha value is -2.65. The fourth-order valence-corrected chi connectivity index (χ4v) is 3.88. The van der Waals surface area contributed by atoms with Gasteiger partial charge in [-0.25, -0.2) is 17.9 Å². The molecular formula is C20H26N2O6S. The molecular weight excluding hydrogens is 396 g/mol. The molecule has 0 spiro atoms. The molecule has 0 atom stereocenters. The highest BCUT2D eigenvalue weighted by Gasteiger charge is 2.22. The Balaban J connectivity index is 1.96.